The maximum Gasteiger partial charge on any atom is 0.227 e. The van der Waals surface area contributed by atoms with Crippen LogP contribution < -0.4 is 5.32 Å². The van der Waals surface area contributed by atoms with Crippen molar-refractivity contribution in [2.75, 3.05) is 0 Å². The Bertz CT molecular complexity index is 684. The van der Waals surface area contributed by atoms with Crippen LogP contribution in [-0.4, -0.2) is 22.1 Å². The number of nitrogens with one attached hydrogen (secondary N) is 1. The minimum absolute atomic E-state index is 0.0555. The number of carbonyl (C=O) groups excluding carboxylic acids is 1. The first-order valence-corrected chi connectivity index (χ1v) is 8.87. The van der Waals surface area contributed by atoms with E-state index < -0.39 is 0 Å². The summed E-state index contributed by atoms with van der Waals surface area (Å²) in [4.78, 5) is 16.5. The molecule has 1 aliphatic carbocycles. The van der Waals surface area contributed by atoms with E-state index in [0.29, 0.717) is 41.5 Å². The van der Waals surface area contributed by atoms with Crippen LogP contribution in [0.5, 0.6) is 0 Å². The number of hydrogen-bond acceptors (Lipinski definition) is 4. The fourth-order valence-electron chi connectivity index (χ4n) is 3.10. The minimum atomic E-state index is 0.0555. The lowest BCUT2D eigenvalue weighted by atomic mass is 9.86. The van der Waals surface area contributed by atoms with Gasteiger partial charge in [0, 0.05) is 29.5 Å². The number of amides is 1. The smallest absolute Gasteiger partial charge is 0.227 e. The van der Waals surface area contributed by atoms with E-state index in [1.54, 1.807) is 12.1 Å². The molecule has 1 N–H and O–H groups in total. The lowest BCUT2D eigenvalue weighted by molar-refractivity contribution is -0.122. The van der Waals surface area contributed by atoms with Gasteiger partial charge in [-0.25, -0.2) is 0 Å². The molecule has 5 nitrogen and oxygen atoms in total. The van der Waals surface area contributed by atoms with Gasteiger partial charge in [0.15, 0.2) is 0 Å². The third-order valence-electron chi connectivity index (χ3n) is 4.59. The lowest BCUT2D eigenvalue weighted by Gasteiger charge is -2.29. The summed E-state index contributed by atoms with van der Waals surface area (Å²) in [6.07, 6.45) is 5.55. The molecule has 24 heavy (non-hydrogen) atoms. The van der Waals surface area contributed by atoms with Crippen LogP contribution in [0.2, 0.25) is 5.02 Å². The SMILES string of the molecule is C[C@H]1CCCC[C@H]1NC(=O)CCc1nc(-c2ccc(Cl)cc2)no1. The largest absolute Gasteiger partial charge is 0.353 e. The molecule has 0 unspecified atom stereocenters. The highest BCUT2D eigenvalue weighted by Gasteiger charge is 2.22. The van der Waals surface area contributed by atoms with Crippen LogP contribution in [0, 0.1) is 5.92 Å². The predicted octanol–water partition coefficient (Wildman–Crippen LogP) is 4.02. The van der Waals surface area contributed by atoms with E-state index in [1.807, 2.05) is 12.1 Å². The van der Waals surface area contributed by atoms with E-state index in [2.05, 4.69) is 22.4 Å². The Hall–Kier alpha value is -1.88. The number of carbonyl (C=O) groups is 1. The Labute approximate surface area is 146 Å². The van der Waals surface area contributed by atoms with Gasteiger partial charge in [-0.2, -0.15) is 4.98 Å². The molecule has 0 bridgehead atoms. The molecular weight excluding hydrogens is 326 g/mol. The molecule has 128 valence electrons. The quantitative estimate of drug-likeness (QED) is 0.887. The van der Waals surface area contributed by atoms with Gasteiger partial charge in [0.2, 0.25) is 17.6 Å². The third-order valence-corrected chi connectivity index (χ3v) is 4.85. The van der Waals surface area contributed by atoms with E-state index in [1.165, 1.54) is 19.3 Å². The monoisotopic (exact) mass is 347 g/mol. The maximum atomic E-state index is 12.1. The standard InChI is InChI=1S/C18H22ClN3O2/c1-12-4-2-3-5-15(12)20-16(23)10-11-17-21-18(22-24-17)13-6-8-14(19)9-7-13/h6-9,12,15H,2-5,10-11H2,1H3,(H,20,23)/t12-,15+/m0/s1. The zero-order chi connectivity index (χ0) is 16.9. The summed E-state index contributed by atoms with van der Waals surface area (Å²) >= 11 is 5.87. The summed E-state index contributed by atoms with van der Waals surface area (Å²) in [6.45, 7) is 2.21. The zero-order valence-electron chi connectivity index (χ0n) is 13.8. The molecule has 6 heteroatoms. The van der Waals surface area contributed by atoms with E-state index in [9.17, 15) is 4.79 Å². The number of aromatic nitrogens is 2. The first-order chi connectivity index (χ1) is 11.6. The van der Waals surface area contributed by atoms with Crippen molar-refractivity contribution < 1.29 is 9.32 Å². The second kappa shape index (κ2) is 7.79. The van der Waals surface area contributed by atoms with Crippen molar-refractivity contribution >= 4 is 17.5 Å². The highest BCUT2D eigenvalue weighted by molar-refractivity contribution is 6.30. The van der Waals surface area contributed by atoms with Gasteiger partial charge in [0.1, 0.15) is 0 Å². The molecule has 1 amide bonds. The van der Waals surface area contributed by atoms with E-state index in [-0.39, 0.29) is 5.91 Å². The van der Waals surface area contributed by atoms with Gasteiger partial charge in [0.25, 0.3) is 0 Å². The van der Waals surface area contributed by atoms with Gasteiger partial charge >= 0.3 is 0 Å². The minimum Gasteiger partial charge on any atom is -0.353 e. The number of hydrogen-bond donors (Lipinski definition) is 1. The van der Waals surface area contributed by atoms with Crippen molar-refractivity contribution in [3.8, 4) is 11.4 Å². The molecule has 1 aromatic heterocycles. The van der Waals surface area contributed by atoms with Crippen LogP contribution in [-0.2, 0) is 11.2 Å². The Morgan fingerprint density at radius 3 is 2.79 bits per heavy atom. The molecular formula is C18H22ClN3O2. The summed E-state index contributed by atoms with van der Waals surface area (Å²) in [7, 11) is 0. The van der Waals surface area contributed by atoms with Crippen molar-refractivity contribution in [3.05, 3.63) is 35.2 Å². The molecule has 0 spiro atoms. The molecule has 1 aliphatic rings. The maximum absolute atomic E-state index is 12.1. The number of rotatable bonds is 5. The van der Waals surface area contributed by atoms with E-state index in [0.717, 1.165) is 12.0 Å². The molecule has 0 aliphatic heterocycles. The third kappa shape index (κ3) is 4.35. The Morgan fingerprint density at radius 1 is 1.29 bits per heavy atom. The number of benzene rings is 1. The van der Waals surface area contributed by atoms with Gasteiger partial charge in [-0.1, -0.05) is 36.5 Å². The molecule has 2 atom stereocenters. The Morgan fingerprint density at radius 2 is 2.04 bits per heavy atom. The van der Waals surface area contributed by atoms with E-state index in [4.69, 9.17) is 16.1 Å². The van der Waals surface area contributed by atoms with Crippen LogP contribution in [0.3, 0.4) is 0 Å². The second-order valence-corrected chi connectivity index (χ2v) is 6.89. The summed E-state index contributed by atoms with van der Waals surface area (Å²) in [5.74, 6) is 1.61. The summed E-state index contributed by atoms with van der Waals surface area (Å²) in [5, 5.41) is 7.76. The van der Waals surface area contributed by atoms with Crippen molar-refractivity contribution in [1.29, 1.82) is 0 Å². The molecule has 1 heterocycles. The van der Waals surface area contributed by atoms with Crippen LogP contribution in [0.25, 0.3) is 11.4 Å². The van der Waals surface area contributed by atoms with E-state index >= 15 is 0 Å². The average Bonchev–Trinajstić information content (AvgIpc) is 3.05. The van der Waals surface area contributed by atoms with Gasteiger partial charge < -0.3 is 9.84 Å². The van der Waals surface area contributed by atoms with Crippen LogP contribution in [0.4, 0.5) is 0 Å². The topological polar surface area (TPSA) is 68.0 Å². The summed E-state index contributed by atoms with van der Waals surface area (Å²) in [6, 6.07) is 7.55. The Kier molecular flexibility index (Phi) is 5.51. The summed E-state index contributed by atoms with van der Waals surface area (Å²) in [5.41, 5.74) is 0.842. The molecule has 1 aromatic carbocycles. The van der Waals surface area contributed by atoms with Crippen molar-refractivity contribution in [2.24, 2.45) is 5.92 Å². The highest BCUT2D eigenvalue weighted by Crippen LogP contribution is 2.24. The number of aryl methyl sites for hydroxylation is 1. The first-order valence-electron chi connectivity index (χ1n) is 8.49. The molecule has 1 saturated carbocycles. The van der Waals surface area contributed by atoms with Gasteiger partial charge in [-0.15, -0.1) is 0 Å². The Balaban J connectivity index is 1.51. The van der Waals surface area contributed by atoms with Crippen LogP contribution >= 0.6 is 11.6 Å². The zero-order valence-corrected chi connectivity index (χ0v) is 14.6. The van der Waals surface area contributed by atoms with Crippen molar-refractivity contribution in [1.82, 2.24) is 15.5 Å². The molecule has 2 aromatic rings. The second-order valence-electron chi connectivity index (χ2n) is 6.45. The van der Waals surface area contributed by atoms with Gasteiger partial charge in [0.05, 0.1) is 0 Å². The normalized spacial score (nSPS) is 20.8. The molecule has 0 radical (unpaired) electrons. The number of nitrogens with zero attached hydrogens (tertiary/aromatic N) is 2. The van der Waals surface area contributed by atoms with Crippen molar-refractivity contribution in [2.45, 2.75) is 51.5 Å². The van der Waals surface area contributed by atoms with Gasteiger partial charge in [-0.05, 0) is 43.0 Å². The summed E-state index contributed by atoms with van der Waals surface area (Å²) < 4.78 is 5.24. The molecule has 1 fully saturated rings. The van der Waals surface area contributed by atoms with Crippen LogP contribution in [0.15, 0.2) is 28.8 Å². The fourth-order valence-corrected chi connectivity index (χ4v) is 3.23. The fraction of sp³-hybridized carbons (Fsp3) is 0.500. The van der Waals surface area contributed by atoms with Gasteiger partial charge in [-0.3, -0.25) is 4.79 Å². The average molecular weight is 348 g/mol. The molecule has 3 rings (SSSR count). The lowest BCUT2D eigenvalue weighted by Crippen LogP contribution is -2.41. The molecule has 0 saturated heterocycles. The number of halogens is 1. The highest BCUT2D eigenvalue weighted by atomic mass is 35.5. The van der Waals surface area contributed by atoms with Crippen molar-refractivity contribution in [3.63, 3.8) is 0 Å². The first kappa shape index (κ1) is 17.0. The van der Waals surface area contributed by atoms with Crippen LogP contribution in [0.1, 0.15) is 44.9 Å². The predicted molar refractivity (Wildman–Crippen MR) is 92.6 cm³/mol.